The van der Waals surface area contributed by atoms with E-state index in [1.807, 2.05) is 6.92 Å². The van der Waals surface area contributed by atoms with Gasteiger partial charge in [-0.1, -0.05) is 32.1 Å². The number of allylic oxidation sites excluding steroid dienone is 4. The van der Waals surface area contributed by atoms with Crippen LogP contribution in [-0.2, 0) is 9.59 Å². The number of carbonyl (C=O) groups is 2. The lowest BCUT2D eigenvalue weighted by Gasteiger charge is -2.63. The van der Waals surface area contributed by atoms with Gasteiger partial charge in [0.2, 0.25) is 0 Å². The molecule has 0 aromatic heterocycles. The van der Waals surface area contributed by atoms with E-state index in [2.05, 4.69) is 6.58 Å². The molecule has 0 saturated heterocycles. The lowest BCUT2D eigenvalue weighted by molar-refractivity contribution is -0.162. The Balaban J connectivity index is 1.85. The Morgan fingerprint density at radius 3 is 2.71 bits per heavy atom. The summed E-state index contributed by atoms with van der Waals surface area (Å²) in [5.41, 5.74) is -2.68. The van der Waals surface area contributed by atoms with Gasteiger partial charge in [-0.15, -0.1) is 11.6 Å². The Kier molecular flexibility index (Phi) is 4.19. The van der Waals surface area contributed by atoms with E-state index in [1.54, 1.807) is 19.1 Å². The Labute approximate surface area is 169 Å². The van der Waals surface area contributed by atoms with Crippen LogP contribution in [-0.4, -0.2) is 45.0 Å². The van der Waals surface area contributed by atoms with Crippen LogP contribution in [0.15, 0.2) is 36.0 Å². The zero-order valence-electron chi connectivity index (χ0n) is 16.2. The van der Waals surface area contributed by atoms with Crippen molar-refractivity contribution in [2.75, 3.05) is 6.61 Å². The largest absolute Gasteiger partial charge is 0.388 e. The number of rotatable bonds is 2. The molecule has 0 radical (unpaired) electrons. The molecule has 3 fully saturated rings. The van der Waals surface area contributed by atoms with Crippen molar-refractivity contribution in [3.63, 3.8) is 0 Å². The summed E-state index contributed by atoms with van der Waals surface area (Å²) < 4.78 is 15.9. The molecule has 4 aliphatic carbocycles. The van der Waals surface area contributed by atoms with Gasteiger partial charge in [0.05, 0.1) is 4.87 Å². The SMILES string of the molecule is C=C1C[C@H]2[C@@H]3CCC4=CC(=O)C=C[C@]4(C)[C@@]3(Cl)[C@@H](F)C[C@]2(C)[C@@]1(O)C(=O)CO. The molecule has 0 bridgehead atoms. The first kappa shape index (κ1) is 20.0. The van der Waals surface area contributed by atoms with Gasteiger partial charge in [-0.2, -0.15) is 0 Å². The fourth-order valence-electron chi connectivity index (χ4n) is 6.74. The van der Waals surface area contributed by atoms with Crippen molar-refractivity contribution in [1.82, 2.24) is 0 Å². The van der Waals surface area contributed by atoms with Crippen LogP contribution >= 0.6 is 11.6 Å². The average Bonchev–Trinajstić information content (AvgIpc) is 2.84. The third-order valence-electron chi connectivity index (χ3n) is 8.34. The van der Waals surface area contributed by atoms with Crippen molar-refractivity contribution in [3.8, 4) is 0 Å². The summed E-state index contributed by atoms with van der Waals surface area (Å²) in [6.07, 6.45) is 4.69. The number of ketones is 2. The second-order valence-corrected chi connectivity index (χ2v) is 9.94. The third kappa shape index (κ3) is 2.03. The normalized spacial score (nSPS) is 49.9. The smallest absolute Gasteiger partial charge is 0.194 e. The third-order valence-corrected chi connectivity index (χ3v) is 9.25. The van der Waals surface area contributed by atoms with Crippen LogP contribution in [0.2, 0.25) is 0 Å². The van der Waals surface area contributed by atoms with E-state index < -0.39 is 39.9 Å². The van der Waals surface area contributed by atoms with Gasteiger partial charge in [0.1, 0.15) is 12.8 Å². The van der Waals surface area contributed by atoms with Crippen LogP contribution in [0, 0.1) is 22.7 Å². The van der Waals surface area contributed by atoms with Crippen molar-refractivity contribution in [1.29, 1.82) is 0 Å². The first-order chi connectivity index (χ1) is 13.0. The molecule has 0 heterocycles. The Morgan fingerprint density at radius 1 is 1.39 bits per heavy atom. The van der Waals surface area contributed by atoms with E-state index in [0.717, 1.165) is 5.57 Å². The first-order valence-corrected chi connectivity index (χ1v) is 10.2. The van der Waals surface area contributed by atoms with E-state index in [1.165, 1.54) is 6.08 Å². The summed E-state index contributed by atoms with van der Waals surface area (Å²) in [6.45, 7) is 6.71. The van der Waals surface area contributed by atoms with E-state index in [0.29, 0.717) is 24.8 Å². The number of carbonyl (C=O) groups excluding carboxylic acids is 2. The molecule has 4 nitrogen and oxygen atoms in total. The van der Waals surface area contributed by atoms with Crippen LogP contribution in [0.4, 0.5) is 4.39 Å². The summed E-state index contributed by atoms with van der Waals surface area (Å²) in [5.74, 6) is -1.39. The highest BCUT2D eigenvalue weighted by Gasteiger charge is 2.74. The van der Waals surface area contributed by atoms with E-state index in [9.17, 15) is 19.8 Å². The van der Waals surface area contributed by atoms with Crippen LogP contribution in [0.5, 0.6) is 0 Å². The predicted molar refractivity (Wildman–Crippen MR) is 104 cm³/mol. The molecule has 152 valence electrons. The van der Waals surface area contributed by atoms with Crippen molar-refractivity contribution in [2.24, 2.45) is 22.7 Å². The van der Waals surface area contributed by atoms with Gasteiger partial charge in [-0.3, -0.25) is 9.59 Å². The number of hydrogen-bond donors (Lipinski definition) is 2. The predicted octanol–water partition coefficient (Wildman–Crippen LogP) is 3.06. The fraction of sp³-hybridized carbons (Fsp3) is 0.636. The van der Waals surface area contributed by atoms with Crippen LogP contribution in [0.1, 0.15) is 39.5 Å². The van der Waals surface area contributed by atoms with Crippen LogP contribution < -0.4 is 0 Å². The molecule has 0 amide bonds. The molecule has 0 aromatic rings. The Hall–Kier alpha value is -1.30. The van der Waals surface area contributed by atoms with E-state index in [4.69, 9.17) is 11.6 Å². The van der Waals surface area contributed by atoms with Gasteiger partial charge < -0.3 is 10.2 Å². The van der Waals surface area contributed by atoms with Crippen LogP contribution in [0.3, 0.4) is 0 Å². The summed E-state index contributed by atoms with van der Waals surface area (Å²) in [7, 11) is 0. The zero-order chi connectivity index (χ0) is 20.7. The fourth-order valence-corrected chi connectivity index (χ4v) is 7.26. The molecule has 2 N–H and O–H groups in total. The standard InChI is InChI=1S/C22H26ClFO4/c1-12-8-16-15-5-4-13-9-14(26)6-7-19(13,2)21(15,23)17(24)10-20(16,3)22(12,28)18(27)11-25/h6-7,9,15-17,25,28H,1,4-5,8,10-11H2,2-3H3/t15-,16-,17-,19-,20-,21-,22-/m0/s1. The number of alkyl halides is 2. The Morgan fingerprint density at radius 2 is 2.07 bits per heavy atom. The molecule has 4 aliphatic rings. The second-order valence-electron chi connectivity index (χ2n) is 9.32. The summed E-state index contributed by atoms with van der Waals surface area (Å²) >= 11 is 7.15. The molecular weight excluding hydrogens is 383 g/mol. The lowest BCUT2D eigenvalue weighted by Crippen LogP contribution is -2.67. The number of fused-ring (bicyclic) bond motifs is 5. The number of hydrogen-bond acceptors (Lipinski definition) is 4. The van der Waals surface area contributed by atoms with E-state index in [-0.39, 0.29) is 24.0 Å². The van der Waals surface area contributed by atoms with Crippen molar-refractivity contribution >= 4 is 23.2 Å². The highest BCUT2D eigenvalue weighted by Crippen LogP contribution is 2.71. The maximum Gasteiger partial charge on any atom is 0.194 e. The molecule has 7 atom stereocenters. The average molecular weight is 409 g/mol. The zero-order valence-corrected chi connectivity index (χ0v) is 16.9. The van der Waals surface area contributed by atoms with Gasteiger partial charge >= 0.3 is 0 Å². The topological polar surface area (TPSA) is 74.6 Å². The molecule has 0 unspecified atom stereocenters. The van der Waals surface area contributed by atoms with E-state index >= 15 is 4.39 Å². The quantitative estimate of drug-likeness (QED) is 0.544. The van der Waals surface area contributed by atoms with Gasteiger partial charge in [0.25, 0.3) is 0 Å². The van der Waals surface area contributed by atoms with Gasteiger partial charge in [-0.05, 0) is 55.2 Å². The second kappa shape index (κ2) is 5.87. The van der Waals surface area contributed by atoms with Gasteiger partial charge in [0.15, 0.2) is 17.2 Å². The monoisotopic (exact) mass is 408 g/mol. The van der Waals surface area contributed by atoms with Gasteiger partial charge in [0, 0.05) is 10.8 Å². The van der Waals surface area contributed by atoms with Gasteiger partial charge in [-0.25, -0.2) is 4.39 Å². The molecule has 3 saturated carbocycles. The maximum absolute atomic E-state index is 15.9. The summed E-state index contributed by atoms with van der Waals surface area (Å²) in [4.78, 5) is 23.1. The first-order valence-electron chi connectivity index (χ1n) is 9.79. The van der Waals surface area contributed by atoms with Crippen molar-refractivity contribution < 1.29 is 24.2 Å². The summed E-state index contributed by atoms with van der Waals surface area (Å²) in [5, 5.41) is 20.8. The highest BCUT2D eigenvalue weighted by atomic mass is 35.5. The molecule has 0 aliphatic heterocycles. The number of aliphatic hydroxyl groups excluding tert-OH is 1. The number of aliphatic hydroxyl groups is 2. The Bertz CT molecular complexity index is 849. The van der Waals surface area contributed by atoms with Crippen molar-refractivity contribution in [2.45, 2.75) is 56.2 Å². The minimum absolute atomic E-state index is 0.108. The molecule has 0 spiro atoms. The summed E-state index contributed by atoms with van der Waals surface area (Å²) in [6, 6.07) is 0. The molecule has 4 rings (SSSR count). The van der Waals surface area contributed by atoms with Crippen LogP contribution in [0.25, 0.3) is 0 Å². The highest BCUT2D eigenvalue weighted by molar-refractivity contribution is 6.26. The maximum atomic E-state index is 15.9. The minimum atomic E-state index is -1.95. The number of halogens is 2. The molecule has 28 heavy (non-hydrogen) atoms. The molecule has 0 aromatic carbocycles. The van der Waals surface area contributed by atoms with Crippen molar-refractivity contribution in [3.05, 3.63) is 36.0 Å². The lowest BCUT2D eigenvalue weighted by atomic mass is 9.46. The molecule has 6 heteroatoms. The number of Topliss-reactive ketones (excluding diaryl/α,β-unsaturated/α-hetero) is 1. The minimum Gasteiger partial charge on any atom is -0.388 e. The molecular formula is C22H26ClFO4.